The molecule has 0 saturated heterocycles. The van der Waals surface area contributed by atoms with Crippen molar-refractivity contribution in [3.63, 3.8) is 0 Å². The van der Waals surface area contributed by atoms with Gasteiger partial charge in [-0.3, -0.25) is 0 Å². The van der Waals surface area contributed by atoms with Gasteiger partial charge in [0, 0.05) is 7.11 Å². The molecule has 0 N–H and O–H groups in total. The number of hydrogen-bond donors (Lipinski definition) is 0. The minimum Gasteiger partial charge on any atom is -0.494 e. The summed E-state index contributed by atoms with van der Waals surface area (Å²) in [6.07, 6.45) is 15.5. The number of carbonyl (C=O) groups excluding carboxylic acids is 4. The van der Waals surface area contributed by atoms with Crippen LogP contribution in [0.25, 0.3) is 11.1 Å². The smallest absolute Gasteiger partial charge is 0.343 e. The van der Waals surface area contributed by atoms with E-state index in [-0.39, 0.29) is 22.6 Å². The van der Waals surface area contributed by atoms with Crippen LogP contribution in [-0.4, -0.2) is 90.4 Å². The maximum Gasteiger partial charge on any atom is 0.343 e. The molecule has 0 bridgehead atoms. The van der Waals surface area contributed by atoms with E-state index in [1.807, 2.05) is 6.07 Å². The van der Waals surface area contributed by atoms with Crippen LogP contribution >= 0.6 is 0 Å². The summed E-state index contributed by atoms with van der Waals surface area (Å²) < 4.78 is 55.2. The lowest BCUT2D eigenvalue weighted by Gasteiger charge is -2.10. The third-order valence-electron chi connectivity index (χ3n) is 12.2. The summed E-state index contributed by atoms with van der Waals surface area (Å²) in [5.41, 5.74) is 2.78. The second-order valence-corrected chi connectivity index (χ2v) is 18.1. The van der Waals surface area contributed by atoms with Crippen molar-refractivity contribution in [3.8, 4) is 45.6 Å². The van der Waals surface area contributed by atoms with Crippen LogP contribution in [0.1, 0.15) is 125 Å². The van der Waals surface area contributed by atoms with Gasteiger partial charge in [0.2, 0.25) is 0 Å². The van der Waals surface area contributed by atoms with E-state index in [4.69, 9.17) is 47.4 Å². The fourth-order valence-electron chi connectivity index (χ4n) is 7.85. The first-order valence-electron chi connectivity index (χ1n) is 26.7. The molecule has 0 amide bonds. The highest BCUT2D eigenvalue weighted by Gasteiger charge is 2.15. The minimum absolute atomic E-state index is 0.252. The molecule has 0 unspecified atom stereocenters. The summed E-state index contributed by atoms with van der Waals surface area (Å²) in [7, 11) is 1.62. The molecule has 0 saturated carbocycles. The van der Waals surface area contributed by atoms with Gasteiger partial charge in [-0.2, -0.15) is 0 Å². The van der Waals surface area contributed by atoms with Gasteiger partial charge in [0.15, 0.2) is 0 Å². The van der Waals surface area contributed by atoms with E-state index in [1.165, 1.54) is 101 Å². The predicted molar refractivity (Wildman–Crippen MR) is 294 cm³/mol. The van der Waals surface area contributed by atoms with E-state index < -0.39 is 23.9 Å². The zero-order valence-corrected chi connectivity index (χ0v) is 44.4. The number of hydrogen-bond acceptors (Lipinski definition) is 14. The standard InChI is InChI=1S/C63H72O14/c1-3-4-5-6-7-8-9-10-11-12-13-14-38-72-54-28-20-49(21-29-54)60(64)75-57-34-24-51(25-35-57)62(66)74-56-32-18-48(19-33-56)53-16-15-17-59(47-53)77-63(67)52-26-36-58(37-27-52)76-61(65)50-22-30-55(31-23-50)73-46-45-71-44-43-70-42-41-69-40-39-68-2/h15-37,47H,3-14,38-46H2,1-2H3. The lowest BCUT2D eigenvalue weighted by Crippen LogP contribution is -2.13. The zero-order chi connectivity index (χ0) is 54.1. The molecule has 0 heterocycles. The van der Waals surface area contributed by atoms with Crippen molar-refractivity contribution in [2.24, 2.45) is 0 Å². The molecular formula is C63H72O14. The molecule has 0 radical (unpaired) electrons. The molecule has 0 spiro atoms. The molecule has 14 nitrogen and oxygen atoms in total. The van der Waals surface area contributed by atoms with E-state index >= 15 is 0 Å². The number of methoxy groups -OCH3 is 1. The zero-order valence-electron chi connectivity index (χ0n) is 44.4. The lowest BCUT2D eigenvalue weighted by atomic mass is 10.1. The van der Waals surface area contributed by atoms with Gasteiger partial charge < -0.3 is 47.4 Å². The third kappa shape index (κ3) is 22.0. The largest absolute Gasteiger partial charge is 0.494 e. The molecule has 0 aliphatic rings. The first-order chi connectivity index (χ1) is 37.8. The van der Waals surface area contributed by atoms with Gasteiger partial charge in [0.1, 0.15) is 41.1 Å². The summed E-state index contributed by atoms with van der Waals surface area (Å²) in [5.74, 6) is 0.181. The van der Waals surface area contributed by atoms with Crippen LogP contribution in [0.15, 0.2) is 146 Å². The number of carbonyl (C=O) groups is 4. The van der Waals surface area contributed by atoms with Gasteiger partial charge in [0.05, 0.1) is 75.1 Å². The molecule has 14 heteroatoms. The molecule has 6 aromatic carbocycles. The van der Waals surface area contributed by atoms with Crippen molar-refractivity contribution in [2.75, 3.05) is 66.6 Å². The van der Waals surface area contributed by atoms with Gasteiger partial charge in [-0.25, -0.2) is 19.2 Å². The molecule has 408 valence electrons. The molecular weight excluding hydrogens is 981 g/mol. The van der Waals surface area contributed by atoms with Crippen LogP contribution in [-0.2, 0) is 18.9 Å². The normalized spacial score (nSPS) is 10.9. The number of benzene rings is 6. The molecule has 0 aliphatic carbocycles. The molecule has 6 aromatic rings. The van der Waals surface area contributed by atoms with Crippen LogP contribution in [0.2, 0.25) is 0 Å². The van der Waals surface area contributed by atoms with Crippen molar-refractivity contribution in [3.05, 3.63) is 168 Å². The Morgan fingerprint density at radius 3 is 1.06 bits per heavy atom. The quantitative estimate of drug-likeness (QED) is 0.0208. The van der Waals surface area contributed by atoms with Gasteiger partial charge in [-0.1, -0.05) is 102 Å². The fraction of sp³-hybridized carbons (Fsp3) is 0.365. The molecule has 6 rings (SSSR count). The first-order valence-corrected chi connectivity index (χ1v) is 26.7. The Bertz CT molecular complexity index is 2650. The fourth-order valence-corrected chi connectivity index (χ4v) is 7.85. The molecule has 0 fully saturated rings. The maximum absolute atomic E-state index is 13.1. The third-order valence-corrected chi connectivity index (χ3v) is 12.2. The minimum atomic E-state index is -0.599. The average molecular weight is 1050 g/mol. The Morgan fingerprint density at radius 1 is 0.312 bits per heavy atom. The lowest BCUT2D eigenvalue weighted by molar-refractivity contribution is 0.000163. The van der Waals surface area contributed by atoms with E-state index in [0.29, 0.717) is 93.6 Å². The van der Waals surface area contributed by atoms with Crippen LogP contribution in [0.3, 0.4) is 0 Å². The van der Waals surface area contributed by atoms with Crippen LogP contribution in [0.5, 0.6) is 34.5 Å². The summed E-state index contributed by atoms with van der Waals surface area (Å²) >= 11 is 0. The molecule has 0 aromatic heterocycles. The number of esters is 4. The Kier molecular flexibility index (Phi) is 26.3. The topological polar surface area (TPSA) is 161 Å². The van der Waals surface area contributed by atoms with E-state index in [9.17, 15) is 19.2 Å². The van der Waals surface area contributed by atoms with Crippen molar-refractivity contribution in [1.82, 2.24) is 0 Å². The molecule has 77 heavy (non-hydrogen) atoms. The Hall–Kier alpha value is -7.36. The van der Waals surface area contributed by atoms with E-state index in [1.54, 1.807) is 110 Å². The second kappa shape index (κ2) is 34.3. The van der Waals surface area contributed by atoms with Gasteiger partial charge in [-0.05, 0) is 139 Å². The first kappa shape index (κ1) is 58.9. The SMILES string of the molecule is CCCCCCCCCCCCCCOc1ccc(C(=O)Oc2ccc(C(=O)Oc3ccc(-c4cccc(OC(=O)c5ccc(OC(=O)c6ccc(OCCOCCOCCOCCOC)cc6)cc5)c4)cc3)cc2)cc1. The Balaban J connectivity index is 0.855. The van der Waals surface area contributed by atoms with Crippen molar-refractivity contribution in [1.29, 1.82) is 0 Å². The second-order valence-electron chi connectivity index (χ2n) is 18.1. The number of unbranched alkanes of at least 4 members (excludes halogenated alkanes) is 11. The predicted octanol–water partition coefficient (Wildman–Crippen LogP) is 13.4. The highest BCUT2D eigenvalue weighted by molar-refractivity contribution is 5.94. The van der Waals surface area contributed by atoms with Crippen molar-refractivity contribution in [2.45, 2.75) is 84.0 Å². The van der Waals surface area contributed by atoms with Crippen LogP contribution < -0.4 is 28.4 Å². The van der Waals surface area contributed by atoms with E-state index in [2.05, 4.69) is 6.92 Å². The van der Waals surface area contributed by atoms with E-state index in [0.717, 1.165) is 24.0 Å². The Morgan fingerprint density at radius 2 is 0.649 bits per heavy atom. The van der Waals surface area contributed by atoms with Crippen molar-refractivity contribution < 1.29 is 66.5 Å². The monoisotopic (exact) mass is 1050 g/mol. The summed E-state index contributed by atoms with van der Waals surface area (Å²) in [6, 6.07) is 39.6. The number of ether oxygens (including phenoxy) is 10. The highest BCUT2D eigenvalue weighted by atomic mass is 16.6. The van der Waals surface area contributed by atoms with Gasteiger partial charge in [0.25, 0.3) is 0 Å². The molecule has 0 aliphatic heterocycles. The van der Waals surface area contributed by atoms with Gasteiger partial charge >= 0.3 is 23.9 Å². The maximum atomic E-state index is 13.1. The van der Waals surface area contributed by atoms with Crippen LogP contribution in [0, 0.1) is 0 Å². The summed E-state index contributed by atoms with van der Waals surface area (Å²) in [4.78, 5) is 51.8. The summed E-state index contributed by atoms with van der Waals surface area (Å²) in [6.45, 7) is 6.55. The average Bonchev–Trinajstić information content (AvgIpc) is 3.45. The Labute approximate surface area is 452 Å². The van der Waals surface area contributed by atoms with Crippen LogP contribution in [0.4, 0.5) is 0 Å². The molecule has 0 atom stereocenters. The number of rotatable bonds is 36. The van der Waals surface area contributed by atoms with Crippen molar-refractivity contribution >= 4 is 23.9 Å². The highest BCUT2D eigenvalue weighted by Crippen LogP contribution is 2.28. The van der Waals surface area contributed by atoms with Gasteiger partial charge in [-0.15, -0.1) is 0 Å². The summed E-state index contributed by atoms with van der Waals surface area (Å²) in [5, 5.41) is 0.